The molecular weight excluding hydrogens is 324 g/mol. The van der Waals surface area contributed by atoms with Gasteiger partial charge in [0.15, 0.2) is 5.78 Å². The Morgan fingerprint density at radius 2 is 1.65 bits per heavy atom. The van der Waals surface area contributed by atoms with Crippen molar-refractivity contribution in [1.82, 2.24) is 9.80 Å². The molecule has 0 N–H and O–H groups in total. The number of benzene rings is 2. The molecule has 0 saturated carbocycles. The minimum absolute atomic E-state index is 0.0343. The van der Waals surface area contributed by atoms with E-state index in [0.29, 0.717) is 12.1 Å². The Kier molecular flexibility index (Phi) is 5.84. The van der Waals surface area contributed by atoms with Gasteiger partial charge < -0.3 is 4.90 Å². The summed E-state index contributed by atoms with van der Waals surface area (Å²) in [6, 6.07) is 18.0. The Balaban J connectivity index is 1.57. The van der Waals surface area contributed by atoms with Crippen molar-refractivity contribution >= 4 is 11.7 Å². The van der Waals surface area contributed by atoms with Gasteiger partial charge in [0, 0.05) is 38.0 Å². The van der Waals surface area contributed by atoms with E-state index in [1.807, 2.05) is 54.3 Å². The third-order valence-corrected chi connectivity index (χ3v) is 5.12. The number of carbonyl (C=O) groups excluding carboxylic acids is 2. The molecule has 2 aromatic carbocycles. The number of aryl methyl sites for hydroxylation is 1. The number of hydrogen-bond acceptors (Lipinski definition) is 3. The molecule has 1 atom stereocenters. The molecule has 1 amide bonds. The Morgan fingerprint density at radius 3 is 2.35 bits per heavy atom. The van der Waals surface area contributed by atoms with E-state index in [2.05, 4.69) is 24.1 Å². The summed E-state index contributed by atoms with van der Waals surface area (Å²) in [6.07, 6.45) is 0.544. The molecule has 1 saturated heterocycles. The highest BCUT2D eigenvalue weighted by Gasteiger charge is 2.28. The molecule has 1 heterocycles. The number of piperazine rings is 1. The maximum atomic E-state index is 12.6. The summed E-state index contributed by atoms with van der Waals surface area (Å²) in [6.45, 7) is 4.24. The second kappa shape index (κ2) is 8.28. The first kappa shape index (κ1) is 18.3. The second-order valence-electron chi connectivity index (χ2n) is 7.04. The van der Waals surface area contributed by atoms with Gasteiger partial charge in [-0.2, -0.15) is 0 Å². The van der Waals surface area contributed by atoms with Crippen LogP contribution in [-0.4, -0.2) is 48.2 Å². The number of likely N-dealkylation sites (N-methyl/N-ethyl adjacent to an activating group) is 1. The van der Waals surface area contributed by atoms with Crippen LogP contribution in [0.5, 0.6) is 0 Å². The van der Waals surface area contributed by atoms with Crippen molar-refractivity contribution in [3.63, 3.8) is 0 Å². The normalized spacial score (nSPS) is 17.9. The Morgan fingerprint density at radius 1 is 0.962 bits per heavy atom. The highest BCUT2D eigenvalue weighted by molar-refractivity contribution is 5.98. The first-order valence-electron chi connectivity index (χ1n) is 9.17. The zero-order valence-corrected chi connectivity index (χ0v) is 15.5. The molecule has 1 aliphatic rings. The summed E-state index contributed by atoms with van der Waals surface area (Å²) in [4.78, 5) is 29.1. The van der Waals surface area contributed by atoms with Crippen LogP contribution >= 0.6 is 0 Å². The minimum Gasteiger partial charge on any atom is -0.339 e. The van der Waals surface area contributed by atoms with Crippen LogP contribution in [-0.2, 0) is 4.79 Å². The summed E-state index contributed by atoms with van der Waals surface area (Å²) in [7, 11) is 2.10. The molecule has 0 spiro atoms. The topological polar surface area (TPSA) is 40.6 Å². The number of rotatable bonds is 5. The summed E-state index contributed by atoms with van der Waals surface area (Å²) in [5, 5.41) is 0. The fourth-order valence-electron chi connectivity index (χ4n) is 3.40. The zero-order valence-electron chi connectivity index (χ0n) is 15.5. The average molecular weight is 350 g/mol. The van der Waals surface area contributed by atoms with Gasteiger partial charge >= 0.3 is 0 Å². The molecule has 1 fully saturated rings. The maximum absolute atomic E-state index is 12.6. The van der Waals surface area contributed by atoms with Gasteiger partial charge in [0.25, 0.3) is 0 Å². The summed E-state index contributed by atoms with van der Waals surface area (Å²) >= 11 is 0. The lowest BCUT2D eigenvalue weighted by atomic mass is 10.0. The van der Waals surface area contributed by atoms with E-state index in [4.69, 9.17) is 0 Å². The summed E-state index contributed by atoms with van der Waals surface area (Å²) in [5.41, 5.74) is 3.04. The summed E-state index contributed by atoms with van der Waals surface area (Å²) in [5.74, 6) is 0.103. The highest BCUT2D eigenvalue weighted by atomic mass is 16.2. The Hall–Kier alpha value is -2.46. The molecule has 4 heteroatoms. The predicted molar refractivity (Wildman–Crippen MR) is 103 cm³/mol. The molecule has 26 heavy (non-hydrogen) atoms. The van der Waals surface area contributed by atoms with Gasteiger partial charge in [-0.1, -0.05) is 60.2 Å². The van der Waals surface area contributed by atoms with Gasteiger partial charge in [-0.25, -0.2) is 0 Å². The lowest BCUT2D eigenvalue weighted by molar-refractivity contribution is -0.134. The number of hydrogen-bond donors (Lipinski definition) is 0. The standard InChI is InChI=1S/C22H26N2O2/c1-17-8-10-19(11-9-17)21(25)12-13-22(26)24-15-14-23(2)20(16-24)18-6-4-3-5-7-18/h3-11,20H,12-16H2,1-2H3. The van der Waals surface area contributed by atoms with Crippen LogP contribution in [0.1, 0.15) is 40.4 Å². The smallest absolute Gasteiger partial charge is 0.223 e. The Bertz CT molecular complexity index is 755. The molecule has 4 nitrogen and oxygen atoms in total. The van der Waals surface area contributed by atoms with Gasteiger partial charge in [-0.15, -0.1) is 0 Å². The number of amides is 1. The third kappa shape index (κ3) is 4.38. The van der Waals surface area contributed by atoms with E-state index in [1.165, 1.54) is 5.56 Å². The molecule has 136 valence electrons. The first-order valence-corrected chi connectivity index (χ1v) is 9.17. The molecule has 2 aromatic rings. The average Bonchev–Trinajstić information content (AvgIpc) is 2.67. The lowest BCUT2D eigenvalue weighted by Gasteiger charge is -2.39. The van der Waals surface area contributed by atoms with Gasteiger partial charge in [0.05, 0.1) is 6.04 Å². The van der Waals surface area contributed by atoms with Crippen LogP contribution in [0.25, 0.3) is 0 Å². The number of carbonyl (C=O) groups is 2. The number of nitrogens with zero attached hydrogens (tertiary/aromatic N) is 2. The first-order chi connectivity index (χ1) is 12.5. The van der Waals surface area contributed by atoms with Crippen LogP contribution in [0.2, 0.25) is 0 Å². The van der Waals surface area contributed by atoms with Gasteiger partial charge in [0.1, 0.15) is 0 Å². The predicted octanol–water partition coefficient (Wildman–Crippen LogP) is 3.47. The van der Waals surface area contributed by atoms with Crippen molar-refractivity contribution in [1.29, 1.82) is 0 Å². The van der Waals surface area contributed by atoms with E-state index in [0.717, 1.165) is 18.7 Å². The molecule has 1 aliphatic heterocycles. The minimum atomic E-state index is 0.0343. The molecule has 0 aliphatic carbocycles. The number of ketones is 1. The maximum Gasteiger partial charge on any atom is 0.223 e. The van der Waals surface area contributed by atoms with Crippen molar-refractivity contribution in [2.24, 2.45) is 0 Å². The zero-order chi connectivity index (χ0) is 18.5. The second-order valence-corrected chi connectivity index (χ2v) is 7.04. The van der Waals surface area contributed by atoms with Crippen LogP contribution in [0, 0.1) is 6.92 Å². The largest absolute Gasteiger partial charge is 0.339 e. The van der Waals surface area contributed by atoms with E-state index >= 15 is 0 Å². The fraction of sp³-hybridized carbons (Fsp3) is 0.364. The molecule has 0 bridgehead atoms. The van der Waals surface area contributed by atoms with Crippen LogP contribution in [0.3, 0.4) is 0 Å². The van der Waals surface area contributed by atoms with Crippen LogP contribution in [0.4, 0.5) is 0 Å². The van der Waals surface area contributed by atoms with E-state index in [9.17, 15) is 9.59 Å². The Labute approximate surface area is 155 Å². The molecule has 0 aromatic heterocycles. The monoisotopic (exact) mass is 350 g/mol. The van der Waals surface area contributed by atoms with Crippen molar-refractivity contribution < 1.29 is 9.59 Å². The van der Waals surface area contributed by atoms with E-state index < -0.39 is 0 Å². The molecular formula is C22H26N2O2. The summed E-state index contributed by atoms with van der Waals surface area (Å²) < 4.78 is 0. The van der Waals surface area contributed by atoms with Crippen LogP contribution < -0.4 is 0 Å². The van der Waals surface area contributed by atoms with E-state index in [-0.39, 0.29) is 30.6 Å². The highest BCUT2D eigenvalue weighted by Crippen LogP contribution is 2.24. The van der Waals surface area contributed by atoms with Gasteiger partial charge in [0.2, 0.25) is 5.91 Å². The lowest BCUT2D eigenvalue weighted by Crippen LogP contribution is -2.49. The quantitative estimate of drug-likeness (QED) is 0.775. The van der Waals surface area contributed by atoms with E-state index in [1.54, 1.807) is 0 Å². The van der Waals surface area contributed by atoms with Crippen molar-refractivity contribution in [3.05, 3.63) is 71.3 Å². The third-order valence-electron chi connectivity index (χ3n) is 5.12. The van der Waals surface area contributed by atoms with Crippen molar-refractivity contribution in [3.8, 4) is 0 Å². The molecule has 3 rings (SSSR count). The van der Waals surface area contributed by atoms with Crippen molar-refractivity contribution in [2.45, 2.75) is 25.8 Å². The van der Waals surface area contributed by atoms with Gasteiger partial charge in [-0.05, 0) is 19.5 Å². The SMILES string of the molecule is Cc1ccc(C(=O)CCC(=O)N2CCN(C)C(c3ccccc3)C2)cc1. The van der Waals surface area contributed by atoms with Crippen LogP contribution in [0.15, 0.2) is 54.6 Å². The molecule has 0 radical (unpaired) electrons. The fourth-order valence-corrected chi connectivity index (χ4v) is 3.40. The number of Topliss-reactive ketones (excluding diaryl/α,β-unsaturated/α-hetero) is 1. The molecule has 1 unspecified atom stereocenters. The van der Waals surface area contributed by atoms with Gasteiger partial charge in [-0.3, -0.25) is 14.5 Å². The van der Waals surface area contributed by atoms with Crippen molar-refractivity contribution in [2.75, 3.05) is 26.7 Å².